The first kappa shape index (κ1) is 26.9. The molecule has 0 N–H and O–H groups in total. The van der Waals surface area contributed by atoms with E-state index in [-0.39, 0.29) is 5.41 Å². The molecule has 4 bridgehead atoms. The van der Waals surface area contributed by atoms with Gasteiger partial charge in [-0.2, -0.15) is 0 Å². The number of hydrogen-bond acceptors (Lipinski definition) is 2. The van der Waals surface area contributed by atoms with Crippen LogP contribution in [0.3, 0.4) is 0 Å². The quantitative estimate of drug-likeness (QED) is 0.197. The average Bonchev–Trinajstić information content (AvgIpc) is 3.44. The second-order valence-electron chi connectivity index (χ2n) is 15.0. The highest BCUT2D eigenvalue weighted by Gasteiger charge is 2.62. The maximum atomic E-state index is 5.35. The van der Waals surface area contributed by atoms with E-state index >= 15 is 0 Å². The number of fused-ring (bicyclic) bond motifs is 6. The molecule has 6 aromatic carbocycles. The summed E-state index contributed by atoms with van der Waals surface area (Å²) in [6, 6.07) is 49.1. The summed E-state index contributed by atoms with van der Waals surface area (Å²) in [5, 5.41) is 2.84. The molecular weight excluding hydrogens is 581 g/mol. The van der Waals surface area contributed by atoms with E-state index in [1.165, 1.54) is 65.1 Å². The number of rotatable bonds is 3. The maximum Gasteiger partial charge on any atom is 0.0973 e. The predicted molar refractivity (Wildman–Crippen MR) is 197 cm³/mol. The molecule has 4 saturated carbocycles. The van der Waals surface area contributed by atoms with Crippen LogP contribution in [-0.2, 0) is 5.41 Å². The summed E-state index contributed by atoms with van der Waals surface area (Å²) in [4.78, 5) is 10.6. The maximum absolute atomic E-state index is 5.35. The molecule has 1 heterocycles. The Morgan fingerprint density at radius 3 is 1.77 bits per heavy atom. The average molecular weight is 617 g/mol. The molecule has 0 saturated heterocycles. The van der Waals surface area contributed by atoms with Crippen molar-refractivity contribution in [2.24, 2.45) is 23.7 Å². The summed E-state index contributed by atoms with van der Waals surface area (Å²) >= 11 is 0. The van der Waals surface area contributed by atoms with Gasteiger partial charge in [0.1, 0.15) is 0 Å². The first-order valence-electron chi connectivity index (χ1n) is 17.8. The van der Waals surface area contributed by atoms with Crippen molar-refractivity contribution in [2.75, 3.05) is 0 Å². The van der Waals surface area contributed by atoms with Gasteiger partial charge in [-0.3, -0.25) is 0 Å². The van der Waals surface area contributed by atoms with Gasteiger partial charge >= 0.3 is 0 Å². The fourth-order valence-electron chi connectivity index (χ4n) is 11.0. The Labute approximate surface area is 281 Å². The monoisotopic (exact) mass is 616 g/mol. The van der Waals surface area contributed by atoms with E-state index in [9.17, 15) is 0 Å². The van der Waals surface area contributed by atoms with Gasteiger partial charge in [0.25, 0.3) is 0 Å². The molecule has 1 aromatic heterocycles. The van der Waals surface area contributed by atoms with Crippen molar-refractivity contribution >= 4 is 21.8 Å². The van der Waals surface area contributed by atoms with Crippen LogP contribution in [0, 0.1) is 23.7 Å². The summed E-state index contributed by atoms with van der Waals surface area (Å²) in [5.41, 5.74) is 14.6. The molecule has 2 nitrogen and oxygen atoms in total. The summed E-state index contributed by atoms with van der Waals surface area (Å²) < 4.78 is 0. The topological polar surface area (TPSA) is 25.8 Å². The molecule has 4 fully saturated rings. The second kappa shape index (κ2) is 9.97. The van der Waals surface area contributed by atoms with E-state index in [1.54, 1.807) is 11.1 Å². The minimum Gasteiger partial charge on any atom is -0.244 e. The fraction of sp³-hybridized carbons (Fsp3) is 0.217. The van der Waals surface area contributed by atoms with Gasteiger partial charge in [0.15, 0.2) is 0 Å². The molecule has 0 radical (unpaired) electrons. The van der Waals surface area contributed by atoms with Gasteiger partial charge in [-0.05, 0) is 118 Å². The van der Waals surface area contributed by atoms with E-state index in [4.69, 9.17) is 9.97 Å². The second-order valence-corrected chi connectivity index (χ2v) is 15.0. The minimum absolute atomic E-state index is 0.114. The van der Waals surface area contributed by atoms with Gasteiger partial charge in [0.2, 0.25) is 0 Å². The van der Waals surface area contributed by atoms with Crippen LogP contribution >= 0.6 is 0 Å². The van der Waals surface area contributed by atoms with Crippen LogP contribution in [0.1, 0.15) is 43.2 Å². The van der Waals surface area contributed by atoms with E-state index in [2.05, 4.69) is 133 Å². The molecule has 0 unspecified atom stereocenters. The number of aromatic nitrogens is 2. The fourth-order valence-corrected chi connectivity index (χ4v) is 11.0. The van der Waals surface area contributed by atoms with Crippen LogP contribution in [0.5, 0.6) is 0 Å². The lowest BCUT2D eigenvalue weighted by Gasteiger charge is -2.61. The molecule has 48 heavy (non-hydrogen) atoms. The zero-order valence-electron chi connectivity index (χ0n) is 26.9. The van der Waals surface area contributed by atoms with Gasteiger partial charge in [0.05, 0.1) is 22.4 Å². The zero-order chi connectivity index (χ0) is 31.4. The molecule has 5 aliphatic carbocycles. The lowest BCUT2D eigenvalue weighted by Crippen LogP contribution is -2.55. The summed E-state index contributed by atoms with van der Waals surface area (Å²) in [7, 11) is 0. The molecular formula is C46H36N2. The molecule has 0 amide bonds. The highest BCUT2D eigenvalue weighted by Crippen LogP contribution is 2.70. The van der Waals surface area contributed by atoms with E-state index < -0.39 is 0 Å². The zero-order valence-corrected chi connectivity index (χ0v) is 26.9. The molecule has 2 heteroatoms. The smallest absolute Gasteiger partial charge is 0.0973 e. The lowest BCUT2D eigenvalue weighted by atomic mass is 9.43. The third kappa shape index (κ3) is 3.69. The molecule has 0 atom stereocenters. The Bertz CT molecular complexity index is 2380. The van der Waals surface area contributed by atoms with Gasteiger partial charge in [0, 0.05) is 16.5 Å². The van der Waals surface area contributed by atoms with Crippen molar-refractivity contribution in [1.82, 2.24) is 9.97 Å². The highest BCUT2D eigenvalue weighted by atomic mass is 14.8. The molecule has 1 spiro atoms. The van der Waals surface area contributed by atoms with E-state index in [1.807, 2.05) is 0 Å². The van der Waals surface area contributed by atoms with Crippen LogP contribution in [0.25, 0.3) is 66.6 Å². The normalized spacial score (nSPS) is 24.8. The van der Waals surface area contributed by atoms with E-state index in [0.29, 0.717) is 0 Å². The molecule has 230 valence electrons. The first-order chi connectivity index (χ1) is 23.7. The SMILES string of the molecule is c1ccc(-c2ccc(-c3nc4ccccc4nc3-c3ccc4c(c3)-c3ccc5ccccc5c3C43C4CC5CC(C4)CC3C5)cc2)cc1. The largest absolute Gasteiger partial charge is 0.244 e. The predicted octanol–water partition coefficient (Wildman–Crippen LogP) is 11.5. The van der Waals surface area contributed by atoms with Crippen molar-refractivity contribution in [3.63, 3.8) is 0 Å². The molecule has 12 rings (SSSR count). The lowest BCUT2D eigenvalue weighted by molar-refractivity contribution is -0.0393. The summed E-state index contributed by atoms with van der Waals surface area (Å²) in [6.07, 6.45) is 7.01. The Kier molecular flexibility index (Phi) is 5.59. The Morgan fingerprint density at radius 2 is 1.04 bits per heavy atom. The van der Waals surface area contributed by atoms with Gasteiger partial charge in [-0.15, -0.1) is 0 Å². The first-order valence-corrected chi connectivity index (χ1v) is 17.8. The van der Waals surface area contributed by atoms with Crippen LogP contribution < -0.4 is 0 Å². The minimum atomic E-state index is 0.114. The van der Waals surface area contributed by atoms with Gasteiger partial charge in [-0.25, -0.2) is 9.97 Å². The van der Waals surface area contributed by atoms with E-state index in [0.717, 1.165) is 57.2 Å². The Hall–Kier alpha value is -5.08. The number of nitrogens with zero attached hydrogens (tertiary/aromatic N) is 2. The molecule has 5 aliphatic rings. The van der Waals surface area contributed by atoms with Crippen molar-refractivity contribution in [3.8, 4) is 44.8 Å². The van der Waals surface area contributed by atoms with Crippen LogP contribution in [0.4, 0.5) is 0 Å². The third-order valence-electron chi connectivity index (χ3n) is 12.6. The van der Waals surface area contributed by atoms with Crippen molar-refractivity contribution in [2.45, 2.75) is 37.5 Å². The summed E-state index contributed by atoms with van der Waals surface area (Å²) in [5.74, 6) is 3.29. The van der Waals surface area contributed by atoms with Gasteiger partial charge in [-0.1, -0.05) is 115 Å². The van der Waals surface area contributed by atoms with Gasteiger partial charge < -0.3 is 0 Å². The molecule has 0 aliphatic heterocycles. The van der Waals surface area contributed by atoms with Crippen LogP contribution in [0.15, 0.2) is 133 Å². The number of para-hydroxylation sites is 2. The summed E-state index contributed by atoms with van der Waals surface area (Å²) in [6.45, 7) is 0. The standard InChI is InChI=1S/C46H36N2/c1-2-8-30(9-3-1)31-14-16-33(17-15-31)44-45(48-42-13-7-6-12-41(42)47-44)34-19-21-40-39(27-34)38-20-18-32-10-4-5-11-37(32)43(38)46(40)35-23-28-22-29(25-35)26-36(46)24-28/h1-21,27-29,35-36H,22-26H2. The van der Waals surface area contributed by atoms with Crippen molar-refractivity contribution < 1.29 is 0 Å². The Morgan fingerprint density at radius 1 is 0.458 bits per heavy atom. The van der Waals surface area contributed by atoms with Crippen molar-refractivity contribution in [3.05, 3.63) is 145 Å². The third-order valence-corrected chi connectivity index (χ3v) is 12.6. The number of benzene rings is 6. The molecule has 7 aromatic rings. The number of hydrogen-bond donors (Lipinski definition) is 0. The van der Waals surface area contributed by atoms with Crippen molar-refractivity contribution in [1.29, 1.82) is 0 Å². The highest BCUT2D eigenvalue weighted by molar-refractivity contribution is 5.99. The van der Waals surface area contributed by atoms with Crippen LogP contribution in [-0.4, -0.2) is 9.97 Å². The Balaban J connectivity index is 1.13. The van der Waals surface area contributed by atoms with Crippen LogP contribution in [0.2, 0.25) is 0 Å².